The highest BCUT2D eigenvalue weighted by atomic mass is 19.4. The van der Waals surface area contributed by atoms with E-state index in [0.717, 1.165) is 0 Å². The minimum absolute atomic E-state index is 0.111. The lowest BCUT2D eigenvalue weighted by molar-refractivity contribution is -0.289. The Kier molecular flexibility index (Phi) is 5.81. The molecule has 0 aliphatic carbocycles. The van der Waals surface area contributed by atoms with Gasteiger partial charge in [-0.2, -0.15) is 13.2 Å². The van der Waals surface area contributed by atoms with Crippen LogP contribution in [0.25, 0.3) is 0 Å². The van der Waals surface area contributed by atoms with Crippen molar-refractivity contribution in [2.75, 3.05) is 0 Å². The van der Waals surface area contributed by atoms with Crippen molar-refractivity contribution in [3.63, 3.8) is 0 Å². The van der Waals surface area contributed by atoms with E-state index in [1.807, 2.05) is 0 Å². The van der Waals surface area contributed by atoms with E-state index < -0.39 is 29.6 Å². The average Bonchev–Trinajstić information content (AvgIpc) is 1.96. The molecular formula is C9H12F10. The molecule has 19 heavy (non-hydrogen) atoms. The zero-order valence-electron chi connectivity index (χ0n) is 10.3. The van der Waals surface area contributed by atoms with E-state index in [4.69, 9.17) is 0 Å². The maximum absolute atomic E-state index is 12.2. The SMILES string of the molecule is CC(F)(F)C(C)(F)C(F)(F)F.CC(F)(F)C(C)(F)F. The average molecular weight is 310 g/mol. The van der Waals surface area contributed by atoms with Gasteiger partial charge in [-0.3, -0.25) is 0 Å². The van der Waals surface area contributed by atoms with Crippen LogP contribution < -0.4 is 0 Å². The second-order valence-corrected chi connectivity index (χ2v) is 4.17. The first-order chi connectivity index (χ1) is 7.75. The first-order valence-corrected chi connectivity index (χ1v) is 4.64. The van der Waals surface area contributed by atoms with Gasteiger partial charge in [0.05, 0.1) is 0 Å². The van der Waals surface area contributed by atoms with Gasteiger partial charge in [0, 0.05) is 20.8 Å². The van der Waals surface area contributed by atoms with Gasteiger partial charge in [-0.1, -0.05) is 0 Å². The molecule has 1 unspecified atom stereocenters. The van der Waals surface area contributed by atoms with Crippen molar-refractivity contribution in [2.45, 2.75) is 57.3 Å². The Morgan fingerprint density at radius 2 is 0.632 bits per heavy atom. The summed E-state index contributed by atoms with van der Waals surface area (Å²) in [6.45, 7) is 0.0769. The lowest BCUT2D eigenvalue weighted by atomic mass is 10.0. The summed E-state index contributed by atoms with van der Waals surface area (Å²) in [5, 5.41) is 0. The van der Waals surface area contributed by atoms with Crippen LogP contribution in [0.2, 0.25) is 0 Å². The van der Waals surface area contributed by atoms with Gasteiger partial charge in [0.25, 0.3) is 11.6 Å². The highest BCUT2D eigenvalue weighted by Gasteiger charge is 2.65. The molecule has 0 spiro atoms. The largest absolute Gasteiger partial charge is 0.428 e. The van der Waals surface area contributed by atoms with Crippen molar-refractivity contribution in [1.29, 1.82) is 0 Å². The number of alkyl halides is 10. The van der Waals surface area contributed by atoms with E-state index in [9.17, 15) is 43.9 Å². The Labute approximate surface area is 102 Å². The number of hydrogen-bond donors (Lipinski definition) is 0. The normalized spacial score (nSPS) is 17.4. The molecule has 0 fully saturated rings. The topological polar surface area (TPSA) is 0 Å². The molecule has 1 atom stereocenters. The van der Waals surface area contributed by atoms with E-state index >= 15 is 0 Å². The molecule has 0 aromatic heterocycles. The van der Waals surface area contributed by atoms with Crippen LogP contribution in [0.15, 0.2) is 0 Å². The molecule has 0 saturated heterocycles. The van der Waals surface area contributed by atoms with Crippen LogP contribution in [0.1, 0.15) is 27.7 Å². The predicted octanol–water partition coefficient (Wildman–Crippen LogP) is 5.23. The summed E-state index contributed by atoms with van der Waals surface area (Å²) in [5.41, 5.74) is -4.46. The monoisotopic (exact) mass is 310 g/mol. The first kappa shape index (κ1) is 20.6. The fourth-order valence-electron chi connectivity index (χ4n) is 0.249. The van der Waals surface area contributed by atoms with Crippen LogP contribution in [-0.4, -0.2) is 29.6 Å². The maximum Gasteiger partial charge on any atom is 0.428 e. The highest BCUT2D eigenvalue weighted by molar-refractivity contribution is 4.92. The molecule has 0 aliphatic heterocycles. The molecule has 0 bridgehead atoms. The van der Waals surface area contributed by atoms with Crippen LogP contribution in [0.3, 0.4) is 0 Å². The fourth-order valence-corrected chi connectivity index (χ4v) is 0.249. The third-order valence-corrected chi connectivity index (χ3v) is 2.13. The zero-order valence-corrected chi connectivity index (χ0v) is 10.3. The van der Waals surface area contributed by atoms with Gasteiger partial charge in [-0.25, -0.2) is 30.7 Å². The van der Waals surface area contributed by atoms with Crippen molar-refractivity contribution in [3.8, 4) is 0 Å². The molecular weight excluding hydrogens is 298 g/mol. The van der Waals surface area contributed by atoms with Crippen LogP contribution >= 0.6 is 0 Å². The molecule has 0 aromatic rings. The number of hydrogen-bond acceptors (Lipinski definition) is 0. The second-order valence-electron chi connectivity index (χ2n) is 4.17. The molecule has 0 radical (unpaired) electrons. The van der Waals surface area contributed by atoms with Crippen LogP contribution in [0.5, 0.6) is 0 Å². The summed E-state index contributed by atoms with van der Waals surface area (Å²) >= 11 is 0. The lowest BCUT2D eigenvalue weighted by Gasteiger charge is -2.28. The predicted molar refractivity (Wildman–Crippen MR) is 47.4 cm³/mol. The van der Waals surface area contributed by atoms with Crippen LogP contribution in [0, 0.1) is 0 Å². The van der Waals surface area contributed by atoms with Gasteiger partial charge in [-0.15, -0.1) is 0 Å². The zero-order chi connectivity index (χ0) is 16.5. The molecule has 118 valence electrons. The molecule has 0 aromatic carbocycles. The first-order valence-electron chi connectivity index (χ1n) is 4.64. The minimum atomic E-state index is -5.54. The highest BCUT2D eigenvalue weighted by Crippen LogP contribution is 2.44. The maximum atomic E-state index is 12.2. The van der Waals surface area contributed by atoms with E-state index in [2.05, 4.69) is 0 Å². The van der Waals surface area contributed by atoms with Crippen molar-refractivity contribution in [3.05, 3.63) is 0 Å². The summed E-state index contributed by atoms with van der Waals surface area (Å²) in [5.74, 6) is -12.2. The summed E-state index contributed by atoms with van der Waals surface area (Å²) < 4.78 is 116. The van der Waals surface area contributed by atoms with Gasteiger partial charge in [0.2, 0.25) is 0 Å². The quantitative estimate of drug-likeness (QED) is 0.613. The molecule has 0 saturated carbocycles. The minimum Gasteiger partial charge on any atom is -0.227 e. The van der Waals surface area contributed by atoms with Crippen molar-refractivity contribution in [2.24, 2.45) is 0 Å². The summed E-state index contributed by atoms with van der Waals surface area (Å²) in [6, 6.07) is 0. The molecule has 0 nitrogen and oxygen atoms in total. The van der Waals surface area contributed by atoms with Crippen LogP contribution in [-0.2, 0) is 0 Å². The van der Waals surface area contributed by atoms with Gasteiger partial charge in [0.1, 0.15) is 0 Å². The van der Waals surface area contributed by atoms with E-state index in [-0.39, 0.29) is 27.7 Å². The van der Waals surface area contributed by atoms with Crippen molar-refractivity contribution < 1.29 is 43.9 Å². The van der Waals surface area contributed by atoms with Gasteiger partial charge in [0.15, 0.2) is 0 Å². The summed E-state index contributed by atoms with van der Waals surface area (Å²) in [4.78, 5) is 0. The van der Waals surface area contributed by atoms with E-state index in [0.29, 0.717) is 0 Å². The standard InChI is InChI=1S/C5H6F6.C4H6F4/c1-3(6,4(2,7)8)5(9,10)11;1-3(5,6)4(2,7)8/h1-2H3;1-2H3. The van der Waals surface area contributed by atoms with E-state index in [1.165, 1.54) is 0 Å². The number of halogens is 10. The molecule has 0 rings (SSSR count). The lowest BCUT2D eigenvalue weighted by Crippen LogP contribution is -2.51. The second kappa shape index (κ2) is 5.35. The molecule has 0 amide bonds. The van der Waals surface area contributed by atoms with Crippen LogP contribution in [0.4, 0.5) is 43.9 Å². The molecule has 0 N–H and O–H groups in total. The van der Waals surface area contributed by atoms with Gasteiger partial charge >= 0.3 is 18.0 Å². The summed E-state index contributed by atoms with van der Waals surface area (Å²) in [7, 11) is 0. The molecule has 0 aliphatic rings. The van der Waals surface area contributed by atoms with Gasteiger partial charge in [-0.05, 0) is 6.92 Å². The Hall–Kier alpha value is -0.700. The smallest absolute Gasteiger partial charge is 0.227 e. The fraction of sp³-hybridized carbons (Fsp3) is 1.00. The van der Waals surface area contributed by atoms with Gasteiger partial charge < -0.3 is 0 Å². The Morgan fingerprint density at radius 1 is 0.421 bits per heavy atom. The summed E-state index contributed by atoms with van der Waals surface area (Å²) in [6.07, 6.45) is -5.54. The molecule has 10 heteroatoms. The molecule has 0 heterocycles. The Bertz CT molecular complexity index is 243. The van der Waals surface area contributed by atoms with Crippen molar-refractivity contribution >= 4 is 0 Å². The Balaban J connectivity index is 0. The number of rotatable bonds is 2. The van der Waals surface area contributed by atoms with E-state index in [1.54, 1.807) is 0 Å². The van der Waals surface area contributed by atoms with Crippen molar-refractivity contribution in [1.82, 2.24) is 0 Å². The third-order valence-electron chi connectivity index (χ3n) is 2.13. The third kappa shape index (κ3) is 5.85. The Morgan fingerprint density at radius 3 is 0.632 bits per heavy atom.